The molecule has 0 heterocycles. The topological polar surface area (TPSA) is 40.6 Å². The minimum atomic E-state index is 0.206. The Morgan fingerprint density at radius 3 is 1.28 bits per heavy atom. The molecule has 106 valence electrons. The first-order valence-electron chi connectivity index (χ1n) is 6.93. The summed E-state index contributed by atoms with van der Waals surface area (Å²) >= 11 is 0. The number of carbonyl (C=O) groups excluding carboxylic acids is 2. The third kappa shape index (κ3) is 9.31. The second kappa shape index (κ2) is 10.2. The molecule has 0 aromatic heterocycles. The highest BCUT2D eigenvalue weighted by atomic mass is 16.1. The lowest BCUT2D eigenvalue weighted by atomic mass is 10.3. The van der Waals surface area contributed by atoms with Crippen LogP contribution in [0.4, 0.5) is 0 Å². The Bertz CT molecular complexity index is 228. The van der Waals surface area contributed by atoms with E-state index in [1.54, 1.807) is 13.8 Å². The zero-order valence-electron chi connectivity index (χ0n) is 12.4. The van der Waals surface area contributed by atoms with Crippen molar-refractivity contribution in [1.82, 2.24) is 9.80 Å². The maximum absolute atomic E-state index is 11.2. The zero-order chi connectivity index (χ0) is 14.0. The van der Waals surface area contributed by atoms with Crippen LogP contribution in [0.3, 0.4) is 0 Å². The molecule has 0 aromatic carbocycles. The molecule has 0 fully saturated rings. The number of carbonyl (C=O) groups is 2. The van der Waals surface area contributed by atoms with Gasteiger partial charge in [0.25, 0.3) is 0 Å². The Morgan fingerprint density at radius 2 is 1.06 bits per heavy atom. The molecule has 0 rings (SSSR count). The van der Waals surface area contributed by atoms with E-state index in [9.17, 15) is 9.59 Å². The van der Waals surface area contributed by atoms with Crippen molar-refractivity contribution in [3.05, 3.63) is 0 Å². The van der Waals surface area contributed by atoms with Gasteiger partial charge in [-0.2, -0.15) is 0 Å². The molecule has 0 aromatic rings. The van der Waals surface area contributed by atoms with Crippen LogP contribution in [0.15, 0.2) is 0 Å². The van der Waals surface area contributed by atoms with Crippen molar-refractivity contribution in [1.29, 1.82) is 0 Å². The smallest absolute Gasteiger partial charge is 0.143 e. The molecule has 18 heavy (non-hydrogen) atoms. The van der Waals surface area contributed by atoms with Gasteiger partial charge < -0.3 is 0 Å². The predicted octanol–water partition coefficient (Wildman–Crippen LogP) is 1.59. The van der Waals surface area contributed by atoms with Gasteiger partial charge in [0, 0.05) is 13.1 Å². The van der Waals surface area contributed by atoms with E-state index in [4.69, 9.17) is 0 Å². The maximum Gasteiger partial charge on any atom is 0.143 e. The number of hydrogen-bond donors (Lipinski definition) is 0. The van der Waals surface area contributed by atoms with Gasteiger partial charge in [-0.25, -0.2) is 0 Å². The van der Waals surface area contributed by atoms with E-state index < -0.39 is 0 Å². The fourth-order valence-corrected chi connectivity index (χ4v) is 2.08. The highest BCUT2D eigenvalue weighted by Crippen LogP contribution is 1.97. The minimum Gasteiger partial charge on any atom is -0.299 e. The van der Waals surface area contributed by atoms with Crippen molar-refractivity contribution in [3.63, 3.8) is 0 Å². The number of hydrogen-bond acceptors (Lipinski definition) is 4. The van der Waals surface area contributed by atoms with Crippen LogP contribution >= 0.6 is 0 Å². The summed E-state index contributed by atoms with van der Waals surface area (Å²) in [6.07, 6.45) is 2.10. The quantitative estimate of drug-likeness (QED) is 0.563. The van der Waals surface area contributed by atoms with E-state index in [0.29, 0.717) is 13.1 Å². The first-order valence-corrected chi connectivity index (χ1v) is 6.93. The highest BCUT2D eigenvalue weighted by molar-refractivity contribution is 5.78. The number of Topliss-reactive ketones (excluding diaryl/α,β-unsaturated/α-hetero) is 2. The van der Waals surface area contributed by atoms with E-state index in [-0.39, 0.29) is 11.6 Å². The van der Waals surface area contributed by atoms with Gasteiger partial charge in [-0.05, 0) is 39.8 Å². The SMILES string of the molecule is CCCN(CCN(CCC)CC(C)=O)CC(C)=O. The van der Waals surface area contributed by atoms with Gasteiger partial charge in [0.1, 0.15) is 11.6 Å². The molecule has 0 aliphatic heterocycles. The third-order valence-corrected chi connectivity index (χ3v) is 2.70. The molecule has 0 spiro atoms. The summed E-state index contributed by atoms with van der Waals surface area (Å²) in [7, 11) is 0. The Morgan fingerprint density at radius 1 is 0.722 bits per heavy atom. The molecule has 0 radical (unpaired) electrons. The monoisotopic (exact) mass is 256 g/mol. The molecule has 0 bridgehead atoms. The normalized spacial score (nSPS) is 11.2. The summed E-state index contributed by atoms with van der Waals surface area (Å²) in [4.78, 5) is 26.7. The van der Waals surface area contributed by atoms with Crippen LogP contribution in [0.25, 0.3) is 0 Å². The molecule has 0 amide bonds. The number of nitrogens with zero attached hydrogens (tertiary/aromatic N) is 2. The fraction of sp³-hybridized carbons (Fsp3) is 0.857. The second-order valence-corrected chi connectivity index (χ2v) is 4.96. The Labute approximate surface area is 111 Å². The molecule has 0 unspecified atom stereocenters. The van der Waals surface area contributed by atoms with Crippen LogP contribution in [-0.4, -0.2) is 60.6 Å². The molecule has 0 aliphatic rings. The first-order chi connectivity index (χ1) is 8.49. The van der Waals surface area contributed by atoms with Gasteiger partial charge in [-0.3, -0.25) is 19.4 Å². The van der Waals surface area contributed by atoms with Gasteiger partial charge in [0.2, 0.25) is 0 Å². The van der Waals surface area contributed by atoms with E-state index in [0.717, 1.165) is 39.0 Å². The zero-order valence-corrected chi connectivity index (χ0v) is 12.4. The summed E-state index contributed by atoms with van der Waals surface area (Å²) < 4.78 is 0. The van der Waals surface area contributed by atoms with Gasteiger partial charge in [-0.1, -0.05) is 13.8 Å². The van der Waals surface area contributed by atoms with Crippen molar-refractivity contribution >= 4 is 11.6 Å². The minimum absolute atomic E-state index is 0.206. The lowest BCUT2D eigenvalue weighted by molar-refractivity contribution is -0.119. The Hall–Kier alpha value is -0.740. The van der Waals surface area contributed by atoms with E-state index in [1.165, 1.54) is 0 Å². The molecule has 4 nitrogen and oxygen atoms in total. The van der Waals surface area contributed by atoms with Crippen molar-refractivity contribution in [3.8, 4) is 0 Å². The van der Waals surface area contributed by atoms with Crippen LogP contribution in [-0.2, 0) is 9.59 Å². The van der Waals surface area contributed by atoms with Crippen LogP contribution in [0.1, 0.15) is 40.5 Å². The van der Waals surface area contributed by atoms with Crippen molar-refractivity contribution < 1.29 is 9.59 Å². The summed E-state index contributed by atoms with van der Waals surface area (Å²) in [6.45, 7) is 12.1. The fourth-order valence-electron chi connectivity index (χ4n) is 2.08. The van der Waals surface area contributed by atoms with Crippen LogP contribution in [0.2, 0.25) is 0 Å². The molecular formula is C14H28N2O2. The average molecular weight is 256 g/mol. The molecule has 4 heteroatoms. The molecule has 0 saturated heterocycles. The van der Waals surface area contributed by atoms with Crippen LogP contribution in [0, 0.1) is 0 Å². The lowest BCUT2D eigenvalue weighted by Gasteiger charge is -2.26. The van der Waals surface area contributed by atoms with Gasteiger partial charge >= 0.3 is 0 Å². The molecule has 0 aliphatic carbocycles. The van der Waals surface area contributed by atoms with Gasteiger partial charge in [-0.15, -0.1) is 0 Å². The first kappa shape index (κ1) is 17.3. The summed E-state index contributed by atoms with van der Waals surface area (Å²) in [5.41, 5.74) is 0. The second-order valence-electron chi connectivity index (χ2n) is 4.96. The molecule has 0 N–H and O–H groups in total. The van der Waals surface area contributed by atoms with E-state index in [2.05, 4.69) is 23.6 Å². The summed E-state index contributed by atoms with van der Waals surface area (Å²) in [6, 6.07) is 0. The summed E-state index contributed by atoms with van der Waals surface area (Å²) in [5.74, 6) is 0.411. The number of rotatable bonds is 11. The average Bonchev–Trinajstić information content (AvgIpc) is 2.24. The van der Waals surface area contributed by atoms with Crippen molar-refractivity contribution in [2.75, 3.05) is 39.3 Å². The van der Waals surface area contributed by atoms with Gasteiger partial charge in [0.05, 0.1) is 13.1 Å². The molecular weight excluding hydrogens is 228 g/mol. The number of ketones is 2. The Kier molecular flexibility index (Phi) is 9.79. The van der Waals surface area contributed by atoms with E-state index in [1.807, 2.05) is 0 Å². The predicted molar refractivity (Wildman–Crippen MR) is 74.8 cm³/mol. The van der Waals surface area contributed by atoms with Gasteiger partial charge in [0.15, 0.2) is 0 Å². The highest BCUT2D eigenvalue weighted by Gasteiger charge is 2.11. The largest absolute Gasteiger partial charge is 0.299 e. The van der Waals surface area contributed by atoms with Crippen molar-refractivity contribution in [2.24, 2.45) is 0 Å². The van der Waals surface area contributed by atoms with Crippen LogP contribution < -0.4 is 0 Å². The third-order valence-electron chi connectivity index (χ3n) is 2.70. The van der Waals surface area contributed by atoms with E-state index >= 15 is 0 Å². The Balaban J connectivity index is 4.16. The molecule has 0 atom stereocenters. The van der Waals surface area contributed by atoms with Crippen LogP contribution in [0.5, 0.6) is 0 Å². The lowest BCUT2D eigenvalue weighted by Crippen LogP contribution is -2.39. The maximum atomic E-state index is 11.2. The summed E-state index contributed by atoms with van der Waals surface area (Å²) in [5, 5.41) is 0. The van der Waals surface area contributed by atoms with Crippen molar-refractivity contribution in [2.45, 2.75) is 40.5 Å². The molecule has 0 saturated carbocycles. The standard InChI is InChI=1S/C14H28N2O2/c1-5-7-15(11-13(3)17)9-10-16(8-6-2)12-14(4)18/h5-12H2,1-4H3.